The third-order valence-electron chi connectivity index (χ3n) is 5.41. The van der Waals surface area contributed by atoms with Crippen molar-refractivity contribution >= 4 is 28.9 Å². The van der Waals surface area contributed by atoms with Gasteiger partial charge in [-0.15, -0.1) is 0 Å². The number of benzene rings is 2. The first-order valence-electron chi connectivity index (χ1n) is 10.0. The van der Waals surface area contributed by atoms with Crippen LogP contribution in [0, 0.1) is 20.8 Å². The molecule has 1 N–H and O–H groups in total. The lowest BCUT2D eigenvalue weighted by Crippen LogP contribution is -2.36. The topological polar surface area (TPSA) is 59.4 Å². The minimum Gasteiger partial charge on any atom is -0.378 e. The molecule has 6 nitrogen and oxygen atoms in total. The second kappa shape index (κ2) is 8.50. The normalized spacial score (nSPS) is 14.1. The van der Waals surface area contributed by atoms with E-state index < -0.39 is 0 Å². The molecule has 7 heteroatoms. The monoisotopic (exact) mass is 424 g/mol. The van der Waals surface area contributed by atoms with Crippen molar-refractivity contribution in [1.29, 1.82) is 0 Å². The number of amides is 1. The van der Waals surface area contributed by atoms with Gasteiger partial charge in [0.2, 0.25) is 0 Å². The first-order valence-corrected chi connectivity index (χ1v) is 10.4. The molecule has 1 aromatic heterocycles. The average molecular weight is 425 g/mol. The molecule has 2 aromatic carbocycles. The van der Waals surface area contributed by atoms with E-state index in [-0.39, 0.29) is 5.91 Å². The Kier molecular flexibility index (Phi) is 5.79. The van der Waals surface area contributed by atoms with Crippen molar-refractivity contribution < 1.29 is 9.53 Å². The van der Waals surface area contributed by atoms with E-state index in [4.69, 9.17) is 16.3 Å². The first-order chi connectivity index (χ1) is 14.4. The van der Waals surface area contributed by atoms with Gasteiger partial charge >= 0.3 is 0 Å². The summed E-state index contributed by atoms with van der Waals surface area (Å²) in [5.74, 6) is -0.143. The van der Waals surface area contributed by atoms with Crippen LogP contribution in [-0.4, -0.2) is 42.0 Å². The summed E-state index contributed by atoms with van der Waals surface area (Å²) in [6.45, 7) is 9.08. The molecule has 1 aliphatic rings. The summed E-state index contributed by atoms with van der Waals surface area (Å²) >= 11 is 6.24. The molecule has 3 aromatic rings. The quantitative estimate of drug-likeness (QED) is 0.668. The summed E-state index contributed by atoms with van der Waals surface area (Å²) < 4.78 is 7.20. The Morgan fingerprint density at radius 1 is 1.03 bits per heavy atom. The number of nitrogens with zero attached hydrogens (tertiary/aromatic N) is 3. The number of halogens is 1. The molecule has 1 aliphatic heterocycles. The maximum atomic E-state index is 12.7. The molecule has 0 atom stereocenters. The summed E-state index contributed by atoms with van der Waals surface area (Å²) in [4.78, 5) is 15.0. The highest BCUT2D eigenvalue weighted by Crippen LogP contribution is 2.25. The average Bonchev–Trinajstić information content (AvgIpc) is 3.03. The van der Waals surface area contributed by atoms with Gasteiger partial charge in [0, 0.05) is 30.0 Å². The Labute approximate surface area is 181 Å². The number of aromatic nitrogens is 2. The molecule has 1 amide bonds. The number of nitrogens with one attached hydrogen (secondary N) is 1. The van der Waals surface area contributed by atoms with Crippen LogP contribution in [0.5, 0.6) is 0 Å². The van der Waals surface area contributed by atoms with Crippen molar-refractivity contribution in [3.63, 3.8) is 0 Å². The van der Waals surface area contributed by atoms with Gasteiger partial charge in [-0.05, 0) is 68.8 Å². The summed E-state index contributed by atoms with van der Waals surface area (Å²) in [7, 11) is 0. The number of ether oxygens (including phenoxy) is 1. The highest BCUT2D eigenvalue weighted by molar-refractivity contribution is 6.31. The molecule has 156 valence electrons. The van der Waals surface area contributed by atoms with Gasteiger partial charge in [-0.1, -0.05) is 11.6 Å². The Bertz CT molecular complexity index is 1070. The molecule has 4 rings (SSSR count). The van der Waals surface area contributed by atoms with E-state index in [1.165, 1.54) is 0 Å². The van der Waals surface area contributed by atoms with Gasteiger partial charge in [-0.3, -0.25) is 4.79 Å². The largest absolute Gasteiger partial charge is 0.378 e. The minimum absolute atomic E-state index is 0.143. The lowest BCUT2D eigenvalue weighted by molar-refractivity contribution is 0.102. The Morgan fingerprint density at radius 2 is 1.70 bits per heavy atom. The number of anilines is 2. The van der Waals surface area contributed by atoms with E-state index in [0.717, 1.165) is 60.3 Å². The van der Waals surface area contributed by atoms with E-state index in [9.17, 15) is 4.79 Å². The molecular formula is C23H25ClN4O2. The van der Waals surface area contributed by atoms with Crippen molar-refractivity contribution in [3.05, 3.63) is 70.0 Å². The highest BCUT2D eigenvalue weighted by atomic mass is 35.5. The van der Waals surface area contributed by atoms with Crippen molar-refractivity contribution in [1.82, 2.24) is 9.78 Å². The van der Waals surface area contributed by atoms with E-state index >= 15 is 0 Å². The van der Waals surface area contributed by atoms with E-state index in [1.807, 2.05) is 45.0 Å². The second-order valence-electron chi connectivity index (χ2n) is 7.50. The molecule has 1 saturated heterocycles. The molecular weight excluding hydrogens is 400 g/mol. The number of rotatable bonds is 4. The van der Waals surface area contributed by atoms with Crippen LogP contribution in [0.25, 0.3) is 5.69 Å². The number of aryl methyl sites for hydroxylation is 2. The third-order valence-corrected chi connectivity index (χ3v) is 5.96. The lowest BCUT2D eigenvalue weighted by Gasteiger charge is -2.29. The number of hydrogen-bond acceptors (Lipinski definition) is 4. The SMILES string of the molecule is Cc1cc(N2CCOCC2)ccc1NC(=O)c1ccc(-n2nc(C)c(Cl)c2C)cc1. The summed E-state index contributed by atoms with van der Waals surface area (Å²) in [5.41, 5.74) is 6.11. The zero-order chi connectivity index (χ0) is 21.3. The fourth-order valence-electron chi connectivity index (χ4n) is 3.63. The molecule has 0 unspecified atom stereocenters. The predicted molar refractivity (Wildman–Crippen MR) is 120 cm³/mol. The molecule has 0 aliphatic carbocycles. The van der Waals surface area contributed by atoms with Gasteiger partial charge < -0.3 is 15.0 Å². The van der Waals surface area contributed by atoms with Crippen LogP contribution in [0.4, 0.5) is 11.4 Å². The van der Waals surface area contributed by atoms with E-state index in [1.54, 1.807) is 16.8 Å². The summed E-state index contributed by atoms with van der Waals surface area (Å²) in [5, 5.41) is 8.13. The van der Waals surface area contributed by atoms with Crippen molar-refractivity contribution in [2.75, 3.05) is 36.5 Å². The van der Waals surface area contributed by atoms with Gasteiger partial charge in [0.25, 0.3) is 5.91 Å². The number of carbonyl (C=O) groups excluding carboxylic acids is 1. The van der Waals surface area contributed by atoms with Crippen molar-refractivity contribution in [2.24, 2.45) is 0 Å². The van der Waals surface area contributed by atoms with Gasteiger partial charge in [-0.2, -0.15) is 5.10 Å². The number of carbonyl (C=O) groups is 1. The number of morpholine rings is 1. The summed E-state index contributed by atoms with van der Waals surface area (Å²) in [6, 6.07) is 13.5. The van der Waals surface area contributed by atoms with Crippen molar-refractivity contribution in [3.8, 4) is 5.69 Å². The number of hydrogen-bond donors (Lipinski definition) is 1. The van der Waals surface area contributed by atoms with Crippen LogP contribution in [0.1, 0.15) is 27.3 Å². The molecule has 0 radical (unpaired) electrons. The maximum absolute atomic E-state index is 12.7. The molecule has 1 fully saturated rings. The third kappa shape index (κ3) is 4.06. The van der Waals surface area contributed by atoms with E-state index in [2.05, 4.69) is 21.4 Å². The fourth-order valence-corrected chi connectivity index (χ4v) is 3.75. The predicted octanol–water partition coefficient (Wildman–Crippen LogP) is 4.54. The Balaban J connectivity index is 1.48. The van der Waals surface area contributed by atoms with Crippen LogP contribution in [0.15, 0.2) is 42.5 Å². The van der Waals surface area contributed by atoms with Crippen LogP contribution >= 0.6 is 11.6 Å². The van der Waals surface area contributed by atoms with Crippen LogP contribution in [0.2, 0.25) is 5.02 Å². The molecule has 0 spiro atoms. The Hall–Kier alpha value is -2.83. The molecule has 0 saturated carbocycles. The van der Waals surface area contributed by atoms with Crippen LogP contribution < -0.4 is 10.2 Å². The minimum atomic E-state index is -0.143. The van der Waals surface area contributed by atoms with Gasteiger partial charge in [0.15, 0.2) is 0 Å². The van der Waals surface area contributed by atoms with E-state index in [0.29, 0.717) is 10.6 Å². The standard InChI is InChI=1S/C23H25ClN4O2/c1-15-14-20(27-10-12-30-13-11-27)8-9-21(15)25-23(29)18-4-6-19(7-5-18)28-17(3)22(24)16(2)26-28/h4-9,14H,10-13H2,1-3H3,(H,25,29). The highest BCUT2D eigenvalue weighted by Gasteiger charge is 2.14. The Morgan fingerprint density at radius 3 is 2.30 bits per heavy atom. The summed E-state index contributed by atoms with van der Waals surface area (Å²) in [6.07, 6.45) is 0. The van der Waals surface area contributed by atoms with Crippen LogP contribution in [-0.2, 0) is 4.74 Å². The maximum Gasteiger partial charge on any atom is 0.255 e. The fraction of sp³-hybridized carbons (Fsp3) is 0.304. The smallest absolute Gasteiger partial charge is 0.255 e. The molecule has 2 heterocycles. The first kappa shape index (κ1) is 20.4. The van der Waals surface area contributed by atoms with Gasteiger partial charge in [0.1, 0.15) is 0 Å². The zero-order valence-electron chi connectivity index (χ0n) is 17.4. The van der Waals surface area contributed by atoms with Gasteiger partial charge in [0.05, 0.1) is 35.3 Å². The molecule has 30 heavy (non-hydrogen) atoms. The van der Waals surface area contributed by atoms with Crippen LogP contribution in [0.3, 0.4) is 0 Å². The zero-order valence-corrected chi connectivity index (χ0v) is 18.2. The van der Waals surface area contributed by atoms with Gasteiger partial charge in [-0.25, -0.2) is 4.68 Å². The lowest BCUT2D eigenvalue weighted by atomic mass is 10.1. The van der Waals surface area contributed by atoms with Crippen molar-refractivity contribution in [2.45, 2.75) is 20.8 Å². The molecule has 0 bridgehead atoms. The second-order valence-corrected chi connectivity index (χ2v) is 7.87.